The molecule has 46 valence electrons. The van der Waals surface area contributed by atoms with Gasteiger partial charge < -0.3 is 10.6 Å². The van der Waals surface area contributed by atoms with Crippen LogP contribution in [0.25, 0.3) is 0 Å². The first-order chi connectivity index (χ1) is 4.47. The van der Waals surface area contributed by atoms with E-state index in [1.54, 1.807) is 6.20 Å². The fourth-order valence-electron chi connectivity index (χ4n) is 0.905. The summed E-state index contributed by atoms with van der Waals surface area (Å²) in [4.78, 5) is 4.07. The van der Waals surface area contributed by atoms with Crippen LogP contribution in [0, 0.1) is 0 Å². The Bertz CT molecular complexity index is 212. The van der Waals surface area contributed by atoms with Gasteiger partial charge >= 0.3 is 0 Å². The number of nitrogens with one attached hydrogen (secondary N) is 2. The summed E-state index contributed by atoms with van der Waals surface area (Å²) in [5, 5.41) is 6.14. The average molecular weight is 121 g/mol. The largest absolute Gasteiger partial charge is 0.373 e. The van der Waals surface area contributed by atoms with E-state index < -0.39 is 0 Å². The molecule has 3 heteroatoms. The van der Waals surface area contributed by atoms with Gasteiger partial charge in [-0.1, -0.05) is 0 Å². The molecule has 0 amide bonds. The first-order valence-electron chi connectivity index (χ1n) is 2.89. The van der Waals surface area contributed by atoms with Crippen LogP contribution in [0.2, 0.25) is 0 Å². The zero-order valence-corrected chi connectivity index (χ0v) is 4.89. The highest BCUT2D eigenvalue weighted by atomic mass is 15.1. The highest BCUT2D eigenvalue weighted by Crippen LogP contribution is 2.06. The summed E-state index contributed by atoms with van der Waals surface area (Å²) in [6.07, 6.45) is 5.72. The second-order valence-corrected chi connectivity index (χ2v) is 1.95. The first kappa shape index (κ1) is 4.61. The second-order valence-electron chi connectivity index (χ2n) is 1.95. The lowest BCUT2D eigenvalue weighted by Gasteiger charge is -2.12. The number of fused-ring (bicyclic) bond motifs is 1. The highest BCUT2D eigenvalue weighted by Gasteiger charge is 2.09. The molecule has 0 saturated carbocycles. The van der Waals surface area contributed by atoms with E-state index in [4.69, 9.17) is 0 Å². The molecular formula is C6H7N3. The number of hydrogen-bond acceptors (Lipinski definition) is 3. The molecule has 0 aromatic rings. The lowest BCUT2D eigenvalue weighted by molar-refractivity contribution is 0.779. The van der Waals surface area contributed by atoms with Crippen LogP contribution in [0.5, 0.6) is 0 Å². The topological polar surface area (TPSA) is 36.4 Å². The van der Waals surface area contributed by atoms with E-state index in [0.29, 0.717) is 0 Å². The van der Waals surface area contributed by atoms with Crippen LogP contribution in [-0.4, -0.2) is 12.5 Å². The van der Waals surface area contributed by atoms with Crippen LogP contribution < -0.4 is 10.6 Å². The van der Waals surface area contributed by atoms with Crippen molar-refractivity contribution in [3.63, 3.8) is 0 Å². The minimum Gasteiger partial charge on any atom is -0.373 e. The summed E-state index contributed by atoms with van der Waals surface area (Å²) in [6.45, 7) is 0.782. The number of nitrogens with zero attached hydrogens (tertiary/aromatic N) is 1. The zero-order chi connectivity index (χ0) is 6.10. The summed E-state index contributed by atoms with van der Waals surface area (Å²) < 4.78 is 0. The number of hydrogen-bond donors (Lipinski definition) is 2. The van der Waals surface area contributed by atoms with Gasteiger partial charge in [-0.05, 0) is 6.08 Å². The standard InChI is InChI=1S/C6H7N3/c1-2-8-6-5(1)3-7-4-9-6/h1-3,7H,4H2,(H,8,9). The molecule has 2 aliphatic heterocycles. The monoisotopic (exact) mass is 121 g/mol. The van der Waals surface area contributed by atoms with Crippen molar-refractivity contribution in [3.05, 3.63) is 24.0 Å². The van der Waals surface area contributed by atoms with E-state index in [9.17, 15) is 0 Å². The maximum absolute atomic E-state index is 4.07. The van der Waals surface area contributed by atoms with Crippen molar-refractivity contribution in [2.75, 3.05) is 6.67 Å². The first-order valence-corrected chi connectivity index (χ1v) is 2.89. The number of amidine groups is 1. The minimum absolute atomic E-state index is 0.782. The van der Waals surface area contributed by atoms with Gasteiger partial charge in [0.1, 0.15) is 5.84 Å². The summed E-state index contributed by atoms with van der Waals surface area (Å²) in [6, 6.07) is 0. The average Bonchev–Trinajstić information content (AvgIpc) is 2.33. The normalized spacial score (nSPS) is 21.3. The molecule has 0 aromatic heterocycles. The molecule has 2 rings (SSSR count). The fraction of sp³-hybridized carbons (Fsp3) is 0.167. The third-order valence-corrected chi connectivity index (χ3v) is 1.35. The molecule has 0 saturated heterocycles. The van der Waals surface area contributed by atoms with Gasteiger partial charge in [0.05, 0.1) is 6.67 Å². The van der Waals surface area contributed by atoms with E-state index in [1.165, 1.54) is 0 Å². The van der Waals surface area contributed by atoms with Gasteiger partial charge in [-0.2, -0.15) is 0 Å². The van der Waals surface area contributed by atoms with E-state index in [0.717, 1.165) is 18.1 Å². The summed E-state index contributed by atoms with van der Waals surface area (Å²) >= 11 is 0. The molecule has 0 radical (unpaired) electrons. The van der Waals surface area contributed by atoms with Crippen molar-refractivity contribution in [1.82, 2.24) is 10.6 Å². The van der Waals surface area contributed by atoms with Crippen LogP contribution in [0.1, 0.15) is 0 Å². The van der Waals surface area contributed by atoms with Gasteiger partial charge in [0, 0.05) is 18.0 Å². The van der Waals surface area contributed by atoms with Crippen molar-refractivity contribution in [2.45, 2.75) is 0 Å². The van der Waals surface area contributed by atoms with E-state index in [2.05, 4.69) is 15.6 Å². The van der Waals surface area contributed by atoms with E-state index in [1.807, 2.05) is 12.3 Å². The molecular weight excluding hydrogens is 114 g/mol. The Morgan fingerprint density at radius 3 is 3.44 bits per heavy atom. The molecule has 2 aliphatic rings. The predicted molar refractivity (Wildman–Crippen MR) is 35.8 cm³/mol. The molecule has 0 bridgehead atoms. The molecule has 0 unspecified atom stereocenters. The zero-order valence-electron chi connectivity index (χ0n) is 4.89. The fourth-order valence-corrected chi connectivity index (χ4v) is 0.905. The second kappa shape index (κ2) is 1.62. The van der Waals surface area contributed by atoms with Gasteiger partial charge in [-0.15, -0.1) is 0 Å². The Labute approximate surface area is 53.2 Å². The summed E-state index contributed by atoms with van der Waals surface area (Å²) in [5.41, 5.74) is 1.14. The maximum Gasteiger partial charge on any atom is 0.136 e. The van der Waals surface area contributed by atoms with Gasteiger partial charge in [0.2, 0.25) is 0 Å². The molecule has 0 fully saturated rings. The molecule has 2 heterocycles. The lowest BCUT2D eigenvalue weighted by Crippen LogP contribution is -2.36. The molecule has 0 spiro atoms. The Balaban J connectivity index is 2.38. The van der Waals surface area contributed by atoms with Crippen molar-refractivity contribution in [3.8, 4) is 0 Å². The quantitative estimate of drug-likeness (QED) is 0.471. The lowest BCUT2D eigenvalue weighted by atomic mass is 10.2. The van der Waals surface area contributed by atoms with Crippen LogP contribution in [-0.2, 0) is 0 Å². The highest BCUT2D eigenvalue weighted by molar-refractivity contribution is 6.03. The van der Waals surface area contributed by atoms with Gasteiger partial charge in [-0.25, -0.2) is 4.99 Å². The van der Waals surface area contributed by atoms with Crippen molar-refractivity contribution >= 4 is 5.84 Å². The number of rotatable bonds is 0. The Morgan fingerprint density at radius 1 is 1.56 bits per heavy atom. The number of aliphatic imine (C=N–C) groups is 1. The van der Waals surface area contributed by atoms with Crippen LogP contribution in [0.15, 0.2) is 29.0 Å². The summed E-state index contributed by atoms with van der Waals surface area (Å²) in [5.74, 6) is 0.980. The van der Waals surface area contributed by atoms with Crippen LogP contribution in [0.3, 0.4) is 0 Å². The molecule has 0 aliphatic carbocycles. The third kappa shape index (κ3) is 0.614. The predicted octanol–water partition coefficient (Wildman–Crippen LogP) is -0.0536. The molecule has 9 heavy (non-hydrogen) atoms. The summed E-state index contributed by atoms with van der Waals surface area (Å²) in [7, 11) is 0. The van der Waals surface area contributed by atoms with Crippen molar-refractivity contribution in [2.24, 2.45) is 4.99 Å². The molecule has 0 atom stereocenters. The van der Waals surface area contributed by atoms with Crippen LogP contribution >= 0.6 is 0 Å². The van der Waals surface area contributed by atoms with Gasteiger partial charge in [-0.3, -0.25) is 0 Å². The van der Waals surface area contributed by atoms with Crippen molar-refractivity contribution < 1.29 is 0 Å². The Hall–Kier alpha value is -1.25. The minimum atomic E-state index is 0.782. The van der Waals surface area contributed by atoms with Gasteiger partial charge in [0.15, 0.2) is 0 Å². The molecule has 2 N–H and O–H groups in total. The molecule has 3 nitrogen and oxygen atoms in total. The van der Waals surface area contributed by atoms with E-state index in [-0.39, 0.29) is 0 Å². The van der Waals surface area contributed by atoms with Crippen LogP contribution in [0.4, 0.5) is 0 Å². The Morgan fingerprint density at radius 2 is 2.56 bits per heavy atom. The SMILES string of the molecule is C1=CC2=CNCNC2=N1. The third-order valence-electron chi connectivity index (χ3n) is 1.35. The molecule has 0 aromatic carbocycles. The smallest absolute Gasteiger partial charge is 0.136 e. The van der Waals surface area contributed by atoms with E-state index >= 15 is 0 Å². The Kier molecular flexibility index (Phi) is 0.828. The van der Waals surface area contributed by atoms with Gasteiger partial charge in [0.25, 0.3) is 0 Å². The van der Waals surface area contributed by atoms with Crippen molar-refractivity contribution in [1.29, 1.82) is 0 Å². The maximum atomic E-state index is 4.07.